The molecule has 158 valence electrons. The lowest BCUT2D eigenvalue weighted by Gasteiger charge is -2.10. The number of hydrogen-bond acceptors (Lipinski definition) is 4. The number of halogens is 1. The van der Waals surface area contributed by atoms with Crippen LogP contribution in [0.3, 0.4) is 0 Å². The minimum absolute atomic E-state index is 0.0268. The largest absolute Gasteiger partial charge is 0.318 e. The maximum Gasteiger partial charge on any atom is 0.238 e. The summed E-state index contributed by atoms with van der Waals surface area (Å²) in [5.74, 6) is -0.331. The second-order valence-corrected chi connectivity index (χ2v) is 8.70. The van der Waals surface area contributed by atoms with Crippen molar-refractivity contribution in [1.82, 2.24) is 9.88 Å². The molecular weight excluding hydrogens is 405 g/mol. The van der Waals surface area contributed by atoms with Gasteiger partial charge in [-0.1, -0.05) is 12.1 Å². The molecule has 0 aliphatic heterocycles. The Morgan fingerprint density at radius 3 is 2.30 bits per heavy atom. The van der Waals surface area contributed by atoms with E-state index in [-0.39, 0.29) is 23.0 Å². The van der Waals surface area contributed by atoms with E-state index < -0.39 is 10.0 Å². The summed E-state index contributed by atoms with van der Waals surface area (Å²) < 4.78 is 37.7. The Bertz CT molecular complexity index is 1150. The van der Waals surface area contributed by atoms with Crippen molar-refractivity contribution in [3.8, 4) is 5.69 Å². The first-order valence-electron chi connectivity index (χ1n) is 9.47. The van der Waals surface area contributed by atoms with E-state index in [1.54, 1.807) is 24.3 Å². The van der Waals surface area contributed by atoms with Crippen molar-refractivity contribution in [1.29, 1.82) is 0 Å². The maximum atomic E-state index is 13.2. The summed E-state index contributed by atoms with van der Waals surface area (Å²) in [6.07, 6.45) is 0.646. The van der Waals surface area contributed by atoms with Gasteiger partial charge in [0.1, 0.15) is 5.82 Å². The van der Waals surface area contributed by atoms with E-state index in [9.17, 15) is 17.6 Å². The standard InChI is InChI=1S/C22H24FN3O3S/c1-15-13-21(16(2)26(15)19-7-5-18(23)6-8-19)22(27)14-25-12-11-17-3-9-20(10-4-17)30(24,28)29/h3-10,13,25H,11-12,14H2,1-2H3,(H2,24,28,29). The highest BCUT2D eigenvalue weighted by Crippen LogP contribution is 2.21. The molecule has 0 aliphatic carbocycles. The molecule has 0 fully saturated rings. The van der Waals surface area contributed by atoms with Gasteiger partial charge in [0.15, 0.2) is 5.78 Å². The van der Waals surface area contributed by atoms with E-state index in [0.29, 0.717) is 18.5 Å². The molecule has 8 heteroatoms. The monoisotopic (exact) mass is 429 g/mol. The first kappa shape index (κ1) is 21.9. The van der Waals surface area contributed by atoms with Crippen LogP contribution in [0.1, 0.15) is 27.3 Å². The molecule has 0 aliphatic rings. The smallest absolute Gasteiger partial charge is 0.238 e. The average molecular weight is 430 g/mol. The molecule has 1 heterocycles. The van der Waals surface area contributed by atoms with E-state index in [0.717, 1.165) is 22.6 Å². The lowest BCUT2D eigenvalue weighted by molar-refractivity contribution is 0.0991. The number of nitrogens with one attached hydrogen (secondary N) is 1. The minimum atomic E-state index is -3.70. The van der Waals surface area contributed by atoms with Gasteiger partial charge in [-0.15, -0.1) is 0 Å². The number of nitrogens with two attached hydrogens (primary N) is 1. The zero-order chi connectivity index (χ0) is 21.9. The van der Waals surface area contributed by atoms with Crippen LogP contribution < -0.4 is 10.5 Å². The SMILES string of the molecule is Cc1cc(C(=O)CNCCc2ccc(S(N)(=O)=O)cc2)c(C)n1-c1ccc(F)cc1. The molecule has 0 amide bonds. The van der Waals surface area contributed by atoms with Crippen molar-refractivity contribution in [2.45, 2.75) is 25.2 Å². The number of carbonyl (C=O) groups excluding carboxylic acids is 1. The molecule has 6 nitrogen and oxygen atoms in total. The summed E-state index contributed by atoms with van der Waals surface area (Å²) in [5.41, 5.74) is 4.09. The van der Waals surface area contributed by atoms with Gasteiger partial charge in [-0.2, -0.15) is 0 Å². The Morgan fingerprint density at radius 1 is 1.07 bits per heavy atom. The second kappa shape index (κ2) is 8.91. The average Bonchev–Trinajstić information content (AvgIpc) is 3.00. The quantitative estimate of drug-likeness (QED) is 0.425. The summed E-state index contributed by atoms with van der Waals surface area (Å²) in [5, 5.41) is 8.22. The third kappa shape index (κ3) is 5.02. The van der Waals surface area contributed by atoms with Crippen LogP contribution >= 0.6 is 0 Å². The van der Waals surface area contributed by atoms with Gasteiger partial charge in [0.2, 0.25) is 10.0 Å². The van der Waals surface area contributed by atoms with Gasteiger partial charge >= 0.3 is 0 Å². The molecular formula is C22H24FN3O3S. The van der Waals surface area contributed by atoms with E-state index >= 15 is 0 Å². The lowest BCUT2D eigenvalue weighted by Crippen LogP contribution is -2.25. The number of primary sulfonamides is 1. The van der Waals surface area contributed by atoms with Gasteiger partial charge in [0, 0.05) is 22.6 Å². The van der Waals surface area contributed by atoms with Crippen molar-refractivity contribution < 1.29 is 17.6 Å². The topological polar surface area (TPSA) is 94.2 Å². The van der Waals surface area contributed by atoms with Crippen LogP contribution in [0.25, 0.3) is 5.69 Å². The summed E-state index contributed by atoms with van der Waals surface area (Å²) in [4.78, 5) is 12.7. The highest BCUT2D eigenvalue weighted by atomic mass is 32.2. The summed E-state index contributed by atoms with van der Waals surface area (Å²) >= 11 is 0. The summed E-state index contributed by atoms with van der Waals surface area (Å²) in [6.45, 7) is 4.53. The molecule has 1 aromatic heterocycles. The van der Waals surface area contributed by atoms with Crippen molar-refractivity contribution in [3.05, 3.63) is 82.9 Å². The third-order valence-electron chi connectivity index (χ3n) is 4.94. The van der Waals surface area contributed by atoms with Crippen molar-refractivity contribution in [3.63, 3.8) is 0 Å². The number of aromatic nitrogens is 1. The molecule has 0 bridgehead atoms. The predicted octanol–water partition coefficient (Wildman–Crippen LogP) is 2.90. The maximum absolute atomic E-state index is 13.2. The molecule has 0 atom stereocenters. The van der Waals surface area contributed by atoms with Gasteiger partial charge in [0.05, 0.1) is 11.4 Å². The third-order valence-corrected chi connectivity index (χ3v) is 5.87. The molecule has 3 rings (SSSR count). The van der Waals surface area contributed by atoms with Crippen LogP contribution in [0.5, 0.6) is 0 Å². The summed E-state index contributed by atoms with van der Waals surface area (Å²) in [7, 11) is -3.70. The van der Waals surface area contributed by atoms with Crippen LogP contribution in [0.2, 0.25) is 0 Å². The molecule has 3 N–H and O–H groups in total. The van der Waals surface area contributed by atoms with Crippen LogP contribution in [-0.2, 0) is 16.4 Å². The number of nitrogens with zero attached hydrogens (tertiary/aromatic N) is 1. The number of benzene rings is 2. The molecule has 30 heavy (non-hydrogen) atoms. The van der Waals surface area contributed by atoms with E-state index in [2.05, 4.69) is 5.32 Å². The fourth-order valence-corrected chi connectivity index (χ4v) is 3.92. The molecule has 0 saturated heterocycles. The number of ketones is 1. The van der Waals surface area contributed by atoms with Crippen LogP contribution in [0, 0.1) is 19.7 Å². The van der Waals surface area contributed by atoms with Crippen molar-refractivity contribution >= 4 is 15.8 Å². The Labute approximate surface area is 175 Å². The number of hydrogen-bond donors (Lipinski definition) is 2. The van der Waals surface area contributed by atoms with Crippen molar-refractivity contribution in [2.75, 3.05) is 13.1 Å². The Balaban J connectivity index is 1.59. The van der Waals surface area contributed by atoms with Crippen molar-refractivity contribution in [2.24, 2.45) is 5.14 Å². The molecule has 0 saturated carbocycles. The van der Waals surface area contributed by atoms with Crippen LogP contribution in [-0.4, -0.2) is 31.9 Å². The molecule has 0 radical (unpaired) electrons. The number of sulfonamides is 1. The Hall–Kier alpha value is -2.81. The molecule has 3 aromatic rings. The number of rotatable bonds is 8. The first-order chi connectivity index (χ1) is 14.2. The number of Topliss-reactive ketones (excluding diaryl/α,β-unsaturated/α-hetero) is 1. The predicted molar refractivity (Wildman–Crippen MR) is 114 cm³/mol. The fraction of sp³-hybridized carbons (Fsp3) is 0.227. The van der Waals surface area contributed by atoms with Gasteiger partial charge in [-0.3, -0.25) is 4.79 Å². The van der Waals surface area contributed by atoms with Gasteiger partial charge in [-0.05, 0) is 74.8 Å². The molecule has 0 unspecified atom stereocenters. The van der Waals surface area contributed by atoms with Gasteiger partial charge < -0.3 is 9.88 Å². The normalized spacial score (nSPS) is 11.6. The zero-order valence-electron chi connectivity index (χ0n) is 16.9. The van der Waals surface area contributed by atoms with E-state index in [4.69, 9.17) is 5.14 Å². The number of aryl methyl sites for hydroxylation is 1. The fourth-order valence-electron chi connectivity index (χ4n) is 3.41. The first-order valence-corrected chi connectivity index (χ1v) is 11.0. The van der Waals surface area contributed by atoms with E-state index in [1.165, 1.54) is 24.3 Å². The lowest BCUT2D eigenvalue weighted by atomic mass is 10.1. The Morgan fingerprint density at radius 2 is 1.70 bits per heavy atom. The zero-order valence-corrected chi connectivity index (χ0v) is 17.7. The highest BCUT2D eigenvalue weighted by molar-refractivity contribution is 7.89. The van der Waals surface area contributed by atoms with Gasteiger partial charge in [0.25, 0.3) is 0 Å². The highest BCUT2D eigenvalue weighted by Gasteiger charge is 2.16. The van der Waals surface area contributed by atoms with E-state index in [1.807, 2.05) is 24.5 Å². The second-order valence-electron chi connectivity index (χ2n) is 7.14. The summed E-state index contributed by atoms with van der Waals surface area (Å²) in [6, 6.07) is 14.4. The number of carbonyl (C=O) groups is 1. The van der Waals surface area contributed by atoms with Crippen LogP contribution in [0.15, 0.2) is 59.5 Å². The van der Waals surface area contributed by atoms with Gasteiger partial charge in [-0.25, -0.2) is 17.9 Å². The molecule has 2 aromatic carbocycles. The molecule has 0 spiro atoms. The van der Waals surface area contributed by atoms with Crippen LogP contribution in [0.4, 0.5) is 4.39 Å². The Kier molecular flexibility index (Phi) is 6.50. The minimum Gasteiger partial charge on any atom is -0.318 e.